The molecule has 1 aliphatic rings. The maximum absolute atomic E-state index is 11.0. The van der Waals surface area contributed by atoms with E-state index in [2.05, 4.69) is 24.1 Å². The number of ether oxygens (including phenoxy) is 1. The molecule has 0 bridgehead atoms. The number of nitrogens with one attached hydrogen (secondary N) is 1. The van der Waals surface area contributed by atoms with E-state index in [-0.39, 0.29) is 5.69 Å². The molecular formula is C14H21N3O3. The summed E-state index contributed by atoms with van der Waals surface area (Å²) in [6, 6.07) is 5.85. The lowest BCUT2D eigenvalue weighted by molar-refractivity contribution is -0.385. The first-order chi connectivity index (χ1) is 9.52. The van der Waals surface area contributed by atoms with Gasteiger partial charge in [-0.15, -0.1) is 0 Å². The van der Waals surface area contributed by atoms with Crippen LogP contribution in [0.4, 0.5) is 11.4 Å². The highest BCUT2D eigenvalue weighted by molar-refractivity contribution is 5.60. The third kappa shape index (κ3) is 3.01. The smallest absolute Gasteiger partial charge is 0.311 e. The van der Waals surface area contributed by atoms with Crippen LogP contribution in [0.1, 0.15) is 20.8 Å². The molecule has 1 N–H and O–H groups in total. The lowest BCUT2D eigenvalue weighted by Crippen LogP contribution is -2.54. The van der Waals surface area contributed by atoms with E-state index in [1.165, 1.54) is 6.07 Å². The Morgan fingerprint density at radius 1 is 1.50 bits per heavy atom. The molecule has 0 aliphatic carbocycles. The number of nitro groups is 1. The Hall–Kier alpha value is -1.82. The fourth-order valence-corrected chi connectivity index (χ4v) is 2.48. The molecule has 0 amide bonds. The highest BCUT2D eigenvalue weighted by Gasteiger charge is 2.24. The molecule has 2 rings (SSSR count). The van der Waals surface area contributed by atoms with E-state index in [0.717, 1.165) is 18.8 Å². The monoisotopic (exact) mass is 279 g/mol. The number of nitro benzene ring substituents is 1. The van der Waals surface area contributed by atoms with Gasteiger partial charge in [-0.1, -0.05) is 0 Å². The summed E-state index contributed by atoms with van der Waals surface area (Å²) in [6.07, 6.45) is 0. The van der Waals surface area contributed by atoms with Gasteiger partial charge in [-0.3, -0.25) is 10.1 Å². The molecule has 0 radical (unpaired) electrons. The quantitative estimate of drug-likeness (QED) is 0.676. The van der Waals surface area contributed by atoms with Gasteiger partial charge in [0.2, 0.25) is 0 Å². The van der Waals surface area contributed by atoms with Crippen LogP contribution in [0, 0.1) is 10.1 Å². The predicted molar refractivity (Wildman–Crippen MR) is 78.5 cm³/mol. The normalized spacial score (nSPS) is 22.6. The van der Waals surface area contributed by atoms with Gasteiger partial charge in [0.15, 0.2) is 5.75 Å². The topological polar surface area (TPSA) is 67.6 Å². The lowest BCUT2D eigenvalue weighted by Gasteiger charge is -2.39. The Balaban J connectivity index is 2.32. The molecule has 20 heavy (non-hydrogen) atoms. The van der Waals surface area contributed by atoms with Gasteiger partial charge in [0.05, 0.1) is 11.5 Å². The maximum Gasteiger partial charge on any atom is 0.311 e. The fraction of sp³-hybridized carbons (Fsp3) is 0.571. The minimum absolute atomic E-state index is 0.0198. The average Bonchev–Trinajstić information content (AvgIpc) is 2.41. The van der Waals surface area contributed by atoms with Gasteiger partial charge in [0.25, 0.3) is 0 Å². The van der Waals surface area contributed by atoms with E-state index < -0.39 is 4.92 Å². The second kappa shape index (κ2) is 6.09. The van der Waals surface area contributed by atoms with Crippen LogP contribution in [0.25, 0.3) is 0 Å². The first kappa shape index (κ1) is 14.6. The zero-order valence-corrected chi connectivity index (χ0v) is 12.1. The van der Waals surface area contributed by atoms with Crippen LogP contribution >= 0.6 is 0 Å². The molecule has 6 heteroatoms. The van der Waals surface area contributed by atoms with Gasteiger partial charge < -0.3 is 15.0 Å². The van der Waals surface area contributed by atoms with Crippen molar-refractivity contribution >= 4 is 11.4 Å². The molecule has 2 atom stereocenters. The summed E-state index contributed by atoms with van der Waals surface area (Å²) in [5, 5.41) is 14.4. The second-order valence-electron chi connectivity index (χ2n) is 5.15. The van der Waals surface area contributed by atoms with E-state index in [9.17, 15) is 10.1 Å². The van der Waals surface area contributed by atoms with Crippen molar-refractivity contribution in [2.75, 3.05) is 24.6 Å². The molecule has 2 unspecified atom stereocenters. The Morgan fingerprint density at radius 2 is 2.25 bits per heavy atom. The van der Waals surface area contributed by atoms with Crippen molar-refractivity contribution in [1.82, 2.24) is 5.32 Å². The zero-order chi connectivity index (χ0) is 14.7. The fourth-order valence-electron chi connectivity index (χ4n) is 2.48. The number of anilines is 1. The summed E-state index contributed by atoms with van der Waals surface area (Å²) >= 11 is 0. The van der Waals surface area contributed by atoms with Crippen LogP contribution in [-0.2, 0) is 0 Å². The van der Waals surface area contributed by atoms with Gasteiger partial charge in [-0.2, -0.15) is 0 Å². The highest BCUT2D eigenvalue weighted by Crippen LogP contribution is 2.32. The van der Waals surface area contributed by atoms with Crippen molar-refractivity contribution in [3.8, 4) is 5.75 Å². The molecule has 1 fully saturated rings. The van der Waals surface area contributed by atoms with Crippen molar-refractivity contribution < 1.29 is 9.66 Å². The number of benzene rings is 1. The van der Waals surface area contributed by atoms with E-state index in [4.69, 9.17) is 4.74 Å². The molecule has 6 nitrogen and oxygen atoms in total. The van der Waals surface area contributed by atoms with Gasteiger partial charge in [0.1, 0.15) is 0 Å². The van der Waals surface area contributed by atoms with Crippen LogP contribution < -0.4 is 15.0 Å². The lowest BCUT2D eigenvalue weighted by atomic mass is 10.1. The van der Waals surface area contributed by atoms with Crippen LogP contribution in [0.3, 0.4) is 0 Å². The molecular weight excluding hydrogens is 258 g/mol. The Bertz CT molecular complexity index is 493. The van der Waals surface area contributed by atoms with E-state index in [0.29, 0.717) is 24.4 Å². The van der Waals surface area contributed by atoms with Gasteiger partial charge in [0, 0.05) is 43.0 Å². The summed E-state index contributed by atoms with van der Waals surface area (Å²) < 4.78 is 5.41. The van der Waals surface area contributed by atoms with Crippen molar-refractivity contribution in [3.05, 3.63) is 28.3 Å². The summed E-state index contributed by atoms with van der Waals surface area (Å²) in [7, 11) is 0. The summed E-state index contributed by atoms with van der Waals surface area (Å²) in [6.45, 7) is 8.30. The molecule has 1 aliphatic heterocycles. The molecule has 1 aromatic rings. The van der Waals surface area contributed by atoms with Gasteiger partial charge in [-0.05, 0) is 26.8 Å². The third-order valence-corrected chi connectivity index (χ3v) is 3.54. The Kier molecular flexibility index (Phi) is 4.44. The highest BCUT2D eigenvalue weighted by atomic mass is 16.6. The number of piperazine rings is 1. The molecule has 1 saturated heterocycles. The largest absolute Gasteiger partial charge is 0.487 e. The molecule has 110 valence electrons. The zero-order valence-electron chi connectivity index (χ0n) is 12.1. The van der Waals surface area contributed by atoms with Crippen molar-refractivity contribution in [3.63, 3.8) is 0 Å². The molecule has 1 heterocycles. The molecule has 0 aromatic heterocycles. The van der Waals surface area contributed by atoms with Crippen molar-refractivity contribution in [1.29, 1.82) is 0 Å². The van der Waals surface area contributed by atoms with Crippen molar-refractivity contribution in [2.24, 2.45) is 0 Å². The molecule has 0 saturated carbocycles. The first-order valence-electron chi connectivity index (χ1n) is 6.94. The number of hydrogen-bond acceptors (Lipinski definition) is 5. The Labute approximate surface area is 118 Å². The van der Waals surface area contributed by atoms with Gasteiger partial charge in [-0.25, -0.2) is 0 Å². The first-order valence-corrected chi connectivity index (χ1v) is 6.94. The van der Waals surface area contributed by atoms with Crippen LogP contribution in [0.15, 0.2) is 18.2 Å². The number of hydrogen-bond donors (Lipinski definition) is 1. The number of nitrogens with zero attached hydrogens (tertiary/aromatic N) is 2. The minimum Gasteiger partial charge on any atom is -0.487 e. The average molecular weight is 279 g/mol. The second-order valence-corrected chi connectivity index (χ2v) is 5.15. The van der Waals surface area contributed by atoms with E-state index in [1.54, 1.807) is 12.1 Å². The number of rotatable bonds is 4. The summed E-state index contributed by atoms with van der Waals surface area (Å²) in [5.74, 6) is 0.341. The maximum atomic E-state index is 11.0. The third-order valence-electron chi connectivity index (χ3n) is 3.54. The van der Waals surface area contributed by atoms with Crippen LogP contribution in [-0.4, -0.2) is 36.7 Å². The van der Waals surface area contributed by atoms with Crippen LogP contribution in [0.5, 0.6) is 5.75 Å². The molecule has 0 spiro atoms. The van der Waals surface area contributed by atoms with E-state index >= 15 is 0 Å². The molecule has 1 aromatic carbocycles. The predicted octanol–water partition coefficient (Wildman–Crippen LogP) is 2.18. The van der Waals surface area contributed by atoms with E-state index in [1.807, 2.05) is 6.92 Å². The van der Waals surface area contributed by atoms with Crippen molar-refractivity contribution in [2.45, 2.75) is 32.9 Å². The minimum atomic E-state index is -0.404. The standard InChI is InChI=1S/C14H21N3O3/c1-4-20-14-7-12(5-6-13(14)17(18)19)16-9-10(2)15-8-11(16)3/h5-7,10-11,15H,4,8-9H2,1-3H3. The SMILES string of the molecule is CCOc1cc(N2CC(C)NCC2C)ccc1[N+](=O)[O-]. The van der Waals surface area contributed by atoms with Crippen LogP contribution in [0.2, 0.25) is 0 Å². The van der Waals surface area contributed by atoms with Gasteiger partial charge >= 0.3 is 5.69 Å². The summed E-state index contributed by atoms with van der Waals surface area (Å²) in [4.78, 5) is 12.9. The summed E-state index contributed by atoms with van der Waals surface area (Å²) in [5.41, 5.74) is 0.992. The Morgan fingerprint density at radius 3 is 2.90 bits per heavy atom.